The Hall–Kier alpha value is -2.95. The number of amides is 1. The van der Waals surface area contributed by atoms with E-state index in [1.54, 1.807) is 11.1 Å². The third kappa shape index (κ3) is 3.92. The first kappa shape index (κ1) is 17.5. The highest BCUT2D eigenvalue weighted by molar-refractivity contribution is 5.88. The number of carbonyl (C=O) groups is 1. The number of aromatic nitrogens is 1. The van der Waals surface area contributed by atoms with Crippen LogP contribution in [0.1, 0.15) is 12.8 Å². The molecule has 0 radical (unpaired) electrons. The van der Waals surface area contributed by atoms with Gasteiger partial charge in [-0.1, -0.05) is 18.2 Å². The number of hydrogen-bond donors (Lipinski definition) is 0. The molecule has 4 nitrogen and oxygen atoms in total. The second-order valence-corrected chi connectivity index (χ2v) is 7.11. The van der Waals surface area contributed by atoms with Crippen LogP contribution < -0.4 is 4.74 Å². The zero-order chi connectivity index (χ0) is 18.8. The third-order valence-electron chi connectivity index (χ3n) is 5.06. The molecule has 1 fully saturated rings. The first-order chi connectivity index (χ1) is 13.1. The molecule has 0 N–H and O–H groups in total. The predicted molar refractivity (Wildman–Crippen MR) is 103 cm³/mol. The topological polar surface area (TPSA) is 42.4 Å². The van der Waals surface area contributed by atoms with Gasteiger partial charge in [-0.05, 0) is 47.0 Å². The lowest BCUT2D eigenvalue weighted by molar-refractivity contribution is -0.133. The molecule has 1 aliphatic heterocycles. The fourth-order valence-corrected chi connectivity index (χ4v) is 3.51. The van der Waals surface area contributed by atoms with Crippen LogP contribution in [0, 0.1) is 11.7 Å². The van der Waals surface area contributed by atoms with Gasteiger partial charge in [0.25, 0.3) is 0 Å². The maximum Gasteiger partial charge on any atom is 0.222 e. The first-order valence-corrected chi connectivity index (χ1v) is 9.10. The molecule has 5 heteroatoms. The molecule has 1 saturated heterocycles. The average Bonchev–Trinajstić information content (AvgIpc) is 2.68. The summed E-state index contributed by atoms with van der Waals surface area (Å²) >= 11 is 0. The Morgan fingerprint density at radius 3 is 2.74 bits per heavy atom. The molecule has 1 aromatic heterocycles. The van der Waals surface area contributed by atoms with E-state index in [4.69, 9.17) is 4.74 Å². The van der Waals surface area contributed by atoms with Gasteiger partial charge >= 0.3 is 0 Å². The normalized spacial score (nSPS) is 17.3. The average molecular weight is 364 g/mol. The van der Waals surface area contributed by atoms with Crippen molar-refractivity contribution in [2.45, 2.75) is 12.8 Å². The van der Waals surface area contributed by atoms with Crippen molar-refractivity contribution in [2.24, 2.45) is 5.92 Å². The number of rotatable bonds is 4. The molecule has 0 bridgehead atoms. The van der Waals surface area contributed by atoms with Crippen molar-refractivity contribution in [3.63, 3.8) is 0 Å². The molecule has 1 unspecified atom stereocenters. The fraction of sp³-hybridized carbons (Fsp3) is 0.273. The molecule has 138 valence electrons. The minimum Gasteiger partial charge on any atom is -0.493 e. The molecule has 2 heterocycles. The molecule has 1 atom stereocenters. The van der Waals surface area contributed by atoms with Gasteiger partial charge in [0.05, 0.1) is 12.8 Å². The number of piperidine rings is 1. The molecule has 4 rings (SSSR count). The summed E-state index contributed by atoms with van der Waals surface area (Å²) in [6.07, 6.45) is 4.34. The standard InChI is InChI=1S/C22H21FN2O2/c1-25-13-15(2-7-22(25)26)14-27-21-6-5-16-8-17(3-4-18(16)10-21)19-9-20(23)12-24-11-19/h3-6,8-12,15H,2,7,13-14H2,1H3. The van der Waals surface area contributed by atoms with Crippen LogP contribution in [-0.4, -0.2) is 36.0 Å². The van der Waals surface area contributed by atoms with E-state index in [-0.39, 0.29) is 11.7 Å². The molecule has 0 saturated carbocycles. The highest BCUT2D eigenvalue weighted by Gasteiger charge is 2.23. The van der Waals surface area contributed by atoms with E-state index >= 15 is 0 Å². The zero-order valence-electron chi connectivity index (χ0n) is 15.2. The van der Waals surface area contributed by atoms with Crippen LogP contribution in [0.5, 0.6) is 5.75 Å². The third-order valence-corrected chi connectivity index (χ3v) is 5.06. The molecule has 1 amide bonds. The van der Waals surface area contributed by atoms with E-state index in [1.807, 2.05) is 43.4 Å². The van der Waals surface area contributed by atoms with Crippen LogP contribution in [0.25, 0.3) is 21.9 Å². The van der Waals surface area contributed by atoms with Gasteiger partial charge in [-0.15, -0.1) is 0 Å². The summed E-state index contributed by atoms with van der Waals surface area (Å²) in [4.78, 5) is 17.3. The maximum atomic E-state index is 13.4. The lowest BCUT2D eigenvalue weighted by Gasteiger charge is -2.29. The van der Waals surface area contributed by atoms with Crippen molar-refractivity contribution in [1.29, 1.82) is 0 Å². The molecule has 3 aromatic rings. The van der Waals surface area contributed by atoms with Crippen LogP contribution in [-0.2, 0) is 4.79 Å². The number of nitrogens with zero attached hydrogens (tertiary/aromatic N) is 2. The largest absolute Gasteiger partial charge is 0.493 e. The van der Waals surface area contributed by atoms with E-state index in [1.165, 1.54) is 12.3 Å². The summed E-state index contributed by atoms with van der Waals surface area (Å²) in [5.74, 6) is 1.06. The van der Waals surface area contributed by atoms with E-state index in [0.29, 0.717) is 18.9 Å². The number of hydrogen-bond acceptors (Lipinski definition) is 3. The number of benzene rings is 2. The second-order valence-electron chi connectivity index (χ2n) is 7.11. The summed E-state index contributed by atoms with van der Waals surface area (Å²) in [5.41, 5.74) is 1.69. The van der Waals surface area contributed by atoms with Crippen molar-refractivity contribution in [1.82, 2.24) is 9.88 Å². The summed E-state index contributed by atoms with van der Waals surface area (Å²) < 4.78 is 19.4. The Morgan fingerprint density at radius 1 is 1.11 bits per heavy atom. The van der Waals surface area contributed by atoms with Crippen LogP contribution in [0.4, 0.5) is 4.39 Å². The van der Waals surface area contributed by atoms with E-state index in [0.717, 1.165) is 40.6 Å². The quantitative estimate of drug-likeness (QED) is 0.694. The summed E-state index contributed by atoms with van der Waals surface area (Å²) in [6.45, 7) is 1.35. The fourth-order valence-electron chi connectivity index (χ4n) is 3.51. The molecule has 0 spiro atoms. The van der Waals surface area contributed by atoms with Crippen molar-refractivity contribution < 1.29 is 13.9 Å². The molecule has 27 heavy (non-hydrogen) atoms. The summed E-state index contributed by atoms with van der Waals surface area (Å²) in [5, 5.41) is 2.13. The van der Waals surface area contributed by atoms with Gasteiger partial charge in [0, 0.05) is 37.7 Å². The summed E-state index contributed by atoms with van der Waals surface area (Å²) in [6, 6.07) is 13.5. The monoisotopic (exact) mass is 364 g/mol. The van der Waals surface area contributed by atoms with Crippen molar-refractivity contribution in [3.05, 3.63) is 60.7 Å². The van der Waals surface area contributed by atoms with Crippen molar-refractivity contribution in [2.75, 3.05) is 20.2 Å². The van der Waals surface area contributed by atoms with Gasteiger partial charge in [-0.2, -0.15) is 0 Å². The Bertz CT molecular complexity index is 989. The van der Waals surface area contributed by atoms with Gasteiger partial charge in [-0.25, -0.2) is 4.39 Å². The Morgan fingerprint density at radius 2 is 1.93 bits per heavy atom. The molecule has 0 aliphatic carbocycles. The first-order valence-electron chi connectivity index (χ1n) is 9.10. The van der Waals surface area contributed by atoms with Crippen LogP contribution in [0.3, 0.4) is 0 Å². The number of likely N-dealkylation sites (tertiary alicyclic amines) is 1. The Kier molecular flexibility index (Phi) is 4.75. The molecular weight excluding hydrogens is 343 g/mol. The van der Waals surface area contributed by atoms with Crippen molar-refractivity contribution >= 4 is 16.7 Å². The number of halogens is 1. The molecular formula is C22H21FN2O2. The lowest BCUT2D eigenvalue weighted by atomic mass is 9.99. The number of pyridine rings is 1. The minimum atomic E-state index is -0.341. The number of ether oxygens (including phenoxy) is 1. The van der Waals surface area contributed by atoms with E-state index in [9.17, 15) is 9.18 Å². The van der Waals surface area contributed by atoms with Gasteiger partial charge in [-0.3, -0.25) is 9.78 Å². The van der Waals surface area contributed by atoms with Gasteiger partial charge < -0.3 is 9.64 Å². The smallest absolute Gasteiger partial charge is 0.222 e. The SMILES string of the molecule is CN1CC(COc2ccc3cc(-c4cncc(F)c4)ccc3c2)CCC1=O. The van der Waals surface area contributed by atoms with Crippen LogP contribution >= 0.6 is 0 Å². The van der Waals surface area contributed by atoms with Gasteiger partial charge in [0.1, 0.15) is 11.6 Å². The Labute approximate surface area is 157 Å². The van der Waals surface area contributed by atoms with Crippen LogP contribution in [0.2, 0.25) is 0 Å². The second kappa shape index (κ2) is 7.35. The highest BCUT2D eigenvalue weighted by atomic mass is 19.1. The number of carbonyl (C=O) groups excluding carboxylic acids is 1. The molecule has 2 aromatic carbocycles. The Balaban J connectivity index is 1.48. The lowest BCUT2D eigenvalue weighted by Crippen LogP contribution is -2.38. The summed E-state index contributed by atoms with van der Waals surface area (Å²) in [7, 11) is 1.84. The van der Waals surface area contributed by atoms with Gasteiger partial charge in [0.2, 0.25) is 5.91 Å². The highest BCUT2D eigenvalue weighted by Crippen LogP contribution is 2.27. The minimum absolute atomic E-state index is 0.209. The van der Waals surface area contributed by atoms with Crippen LogP contribution in [0.15, 0.2) is 54.9 Å². The number of fused-ring (bicyclic) bond motifs is 1. The van der Waals surface area contributed by atoms with Crippen molar-refractivity contribution in [3.8, 4) is 16.9 Å². The van der Waals surface area contributed by atoms with E-state index in [2.05, 4.69) is 4.98 Å². The predicted octanol–water partition coefficient (Wildman–Crippen LogP) is 4.29. The van der Waals surface area contributed by atoms with E-state index < -0.39 is 0 Å². The zero-order valence-corrected chi connectivity index (χ0v) is 15.2. The molecule has 1 aliphatic rings. The van der Waals surface area contributed by atoms with Gasteiger partial charge in [0.15, 0.2) is 0 Å². The maximum absolute atomic E-state index is 13.4.